The minimum absolute atomic E-state index is 0.826. The molecule has 0 unspecified atom stereocenters. The molecule has 0 aliphatic rings. The second-order valence-corrected chi connectivity index (χ2v) is 19.2. The van der Waals surface area contributed by atoms with Gasteiger partial charge in [0.2, 0.25) is 0 Å². The largest absolute Gasteiger partial charge is 0.255 e. The molecule has 0 fully saturated rings. The van der Waals surface area contributed by atoms with E-state index < -0.39 is 0 Å². The normalized spacial score (nSPS) is 11.1. The summed E-state index contributed by atoms with van der Waals surface area (Å²) in [6, 6.07) is 95.2. The van der Waals surface area contributed by atoms with Gasteiger partial charge in [-0.15, -0.1) is 0 Å². The van der Waals surface area contributed by atoms with Crippen molar-refractivity contribution >= 4 is 0 Å². The second kappa shape index (κ2) is 21.4. The number of pyridine rings is 6. The van der Waals surface area contributed by atoms with Crippen molar-refractivity contribution in [3.63, 3.8) is 0 Å². The third-order valence-corrected chi connectivity index (χ3v) is 14.1. The molecule has 78 heavy (non-hydrogen) atoms. The van der Waals surface area contributed by atoms with Crippen molar-refractivity contribution in [2.75, 3.05) is 0 Å². The van der Waals surface area contributed by atoms with E-state index in [1.165, 1.54) is 0 Å². The smallest absolute Gasteiger partial charge is 0.0899 e. The maximum absolute atomic E-state index is 5.17. The fourth-order valence-corrected chi connectivity index (χ4v) is 9.99. The van der Waals surface area contributed by atoms with Crippen LogP contribution in [0, 0.1) is 0 Å². The van der Waals surface area contributed by atoms with Crippen LogP contribution < -0.4 is 0 Å². The number of benzene rings is 7. The van der Waals surface area contributed by atoms with Gasteiger partial charge in [0.1, 0.15) is 0 Å². The molecule has 6 aromatic heterocycles. The zero-order valence-corrected chi connectivity index (χ0v) is 42.4. The van der Waals surface area contributed by atoms with Crippen LogP contribution in [0.2, 0.25) is 0 Å². The van der Waals surface area contributed by atoms with E-state index in [0.29, 0.717) is 0 Å². The summed E-state index contributed by atoms with van der Waals surface area (Å²) in [4.78, 5) is 29.5. The molecule has 0 spiro atoms. The second-order valence-electron chi connectivity index (χ2n) is 19.2. The van der Waals surface area contributed by atoms with E-state index in [0.717, 1.165) is 135 Å². The number of aromatic nitrogens is 6. The Bertz CT molecular complexity index is 3550. The summed E-state index contributed by atoms with van der Waals surface area (Å²) in [5.74, 6) is 0. The molecule has 0 aliphatic carbocycles. The summed E-state index contributed by atoms with van der Waals surface area (Å²) < 4.78 is 0. The topological polar surface area (TPSA) is 77.3 Å². The number of hydrogen-bond donors (Lipinski definition) is 0. The van der Waals surface area contributed by atoms with E-state index >= 15 is 0 Å². The first-order valence-corrected chi connectivity index (χ1v) is 26.0. The Morgan fingerprint density at radius 2 is 0.359 bits per heavy atom. The highest BCUT2D eigenvalue weighted by Gasteiger charge is 2.16. The maximum atomic E-state index is 5.17. The van der Waals surface area contributed by atoms with E-state index in [2.05, 4.69) is 215 Å². The van der Waals surface area contributed by atoms with E-state index in [9.17, 15) is 0 Å². The Kier molecular flexibility index (Phi) is 12.9. The van der Waals surface area contributed by atoms with Gasteiger partial charge in [-0.2, -0.15) is 0 Å². The Labute approximate surface area is 453 Å². The molecule has 13 rings (SSSR count). The fourth-order valence-electron chi connectivity index (χ4n) is 9.99. The third-order valence-electron chi connectivity index (χ3n) is 14.1. The van der Waals surface area contributed by atoms with Gasteiger partial charge in [0.05, 0.1) is 51.2 Å². The van der Waals surface area contributed by atoms with E-state index in [-0.39, 0.29) is 0 Å². The first-order chi connectivity index (χ1) is 38.6. The van der Waals surface area contributed by atoms with Crippen molar-refractivity contribution < 1.29 is 0 Å². The van der Waals surface area contributed by atoms with Crippen LogP contribution in [0.1, 0.15) is 0 Å². The van der Waals surface area contributed by atoms with Gasteiger partial charge in [0, 0.05) is 35.3 Å². The Morgan fingerprint density at radius 3 is 0.615 bits per heavy atom. The lowest BCUT2D eigenvalue weighted by atomic mass is 9.91. The van der Waals surface area contributed by atoms with Crippen LogP contribution in [-0.4, -0.2) is 29.9 Å². The van der Waals surface area contributed by atoms with E-state index in [1.807, 2.05) is 91.4 Å². The minimum atomic E-state index is 0.826. The van der Waals surface area contributed by atoms with Crippen LogP contribution in [-0.2, 0) is 0 Å². The van der Waals surface area contributed by atoms with Crippen molar-refractivity contribution in [1.29, 1.82) is 0 Å². The minimum Gasteiger partial charge on any atom is -0.255 e. The molecule has 6 heterocycles. The molecular weight excluding hydrogens is 949 g/mol. The van der Waals surface area contributed by atoms with Crippen LogP contribution in [0.15, 0.2) is 292 Å². The lowest BCUT2D eigenvalue weighted by Crippen LogP contribution is -1.93. The molecule has 6 nitrogen and oxygen atoms in total. The average molecular weight is 997 g/mol. The Morgan fingerprint density at radius 1 is 0.141 bits per heavy atom. The summed E-state index contributed by atoms with van der Waals surface area (Å²) in [6.07, 6.45) is 5.44. The third kappa shape index (κ3) is 10.2. The van der Waals surface area contributed by atoms with E-state index in [4.69, 9.17) is 15.0 Å². The van der Waals surface area contributed by atoms with Crippen LogP contribution in [0.5, 0.6) is 0 Å². The average Bonchev–Trinajstić information content (AvgIpc) is 3.54. The van der Waals surface area contributed by atoms with E-state index in [1.54, 1.807) is 0 Å². The summed E-state index contributed by atoms with van der Waals surface area (Å²) >= 11 is 0. The van der Waals surface area contributed by atoms with Crippen molar-refractivity contribution in [3.05, 3.63) is 292 Å². The van der Waals surface area contributed by atoms with Crippen LogP contribution >= 0.6 is 0 Å². The predicted octanol–water partition coefficient (Wildman–Crippen LogP) is 18.1. The molecule has 0 radical (unpaired) electrons. The van der Waals surface area contributed by atoms with Gasteiger partial charge in [0.15, 0.2) is 0 Å². The number of nitrogens with zero attached hydrogens (tertiary/aromatic N) is 6. The molecule has 0 bridgehead atoms. The Hall–Kier alpha value is -10.6. The fraction of sp³-hybridized carbons (Fsp3) is 0. The molecule has 0 amide bonds. The van der Waals surface area contributed by atoms with Gasteiger partial charge in [-0.25, -0.2) is 15.0 Å². The standard InChI is InChI=1S/C72H48N6/c1-4-16-49(17-5-1)61-43-67(76-70(46-61)64-22-10-13-37-73-64)55-31-25-52(26-32-55)58-40-59(53-27-33-56(34-28-53)68-44-62(50-18-6-2-7-19-50)47-71(77-68)65-23-11-14-38-74-65)42-60(41-58)54-29-35-57(36-30-54)69-45-63(51-20-8-3-9-21-51)48-72(78-69)66-24-12-15-39-75-66/h1-48H. The monoisotopic (exact) mass is 996 g/mol. The van der Waals surface area contributed by atoms with Crippen molar-refractivity contribution in [1.82, 2.24) is 29.9 Å². The number of hydrogen-bond acceptors (Lipinski definition) is 6. The lowest BCUT2D eigenvalue weighted by molar-refractivity contribution is 1.25. The molecule has 13 aromatic rings. The van der Waals surface area contributed by atoms with Crippen LogP contribution in [0.4, 0.5) is 0 Å². The summed E-state index contributed by atoms with van der Waals surface area (Å²) in [7, 11) is 0. The molecular formula is C72H48N6. The molecule has 7 aromatic carbocycles. The summed E-state index contributed by atoms with van der Waals surface area (Å²) in [5, 5.41) is 0. The van der Waals surface area contributed by atoms with Gasteiger partial charge in [0.25, 0.3) is 0 Å². The van der Waals surface area contributed by atoms with Gasteiger partial charge >= 0.3 is 0 Å². The Balaban J connectivity index is 0.892. The summed E-state index contributed by atoms with van der Waals surface area (Å²) in [6.45, 7) is 0. The van der Waals surface area contributed by atoms with Gasteiger partial charge in [-0.1, -0.05) is 182 Å². The van der Waals surface area contributed by atoms with Crippen LogP contribution in [0.25, 0.3) is 135 Å². The molecule has 0 saturated carbocycles. The summed E-state index contributed by atoms with van der Waals surface area (Å²) in [5.41, 5.74) is 23.8. The highest BCUT2D eigenvalue weighted by molar-refractivity contribution is 5.85. The quantitative estimate of drug-likeness (QED) is 0.121. The predicted molar refractivity (Wildman–Crippen MR) is 318 cm³/mol. The molecule has 0 atom stereocenters. The molecule has 0 aliphatic heterocycles. The van der Waals surface area contributed by atoms with Gasteiger partial charge in [-0.3, -0.25) is 15.0 Å². The number of rotatable bonds is 12. The first kappa shape index (κ1) is 47.2. The maximum Gasteiger partial charge on any atom is 0.0899 e. The van der Waals surface area contributed by atoms with Crippen molar-refractivity contribution in [2.24, 2.45) is 0 Å². The molecule has 0 saturated heterocycles. The van der Waals surface area contributed by atoms with Crippen molar-refractivity contribution in [3.8, 4) is 135 Å². The SMILES string of the molecule is c1ccc(-c2cc(-c3ccc(-c4cc(-c5ccc(-c6cc(-c7ccccc7)cc(-c7ccccn7)n6)cc5)cc(-c5ccc(-c6cc(-c7ccccc7)cc(-c7ccccn7)n6)cc5)c4)cc3)nc(-c3ccccn3)c2)cc1. The highest BCUT2D eigenvalue weighted by atomic mass is 14.8. The van der Waals surface area contributed by atoms with Gasteiger partial charge < -0.3 is 0 Å². The lowest BCUT2D eigenvalue weighted by Gasteiger charge is -2.14. The molecule has 6 heteroatoms. The highest BCUT2D eigenvalue weighted by Crippen LogP contribution is 2.38. The zero-order chi connectivity index (χ0) is 52.0. The molecule has 366 valence electrons. The molecule has 0 N–H and O–H groups in total. The zero-order valence-electron chi connectivity index (χ0n) is 42.4. The van der Waals surface area contributed by atoms with Gasteiger partial charge in [-0.05, 0) is 158 Å². The van der Waals surface area contributed by atoms with Crippen molar-refractivity contribution in [2.45, 2.75) is 0 Å². The van der Waals surface area contributed by atoms with Crippen LogP contribution in [0.3, 0.4) is 0 Å². The first-order valence-electron chi connectivity index (χ1n) is 26.0.